The predicted molar refractivity (Wildman–Crippen MR) is 83.8 cm³/mol. The van der Waals surface area contributed by atoms with E-state index in [2.05, 4.69) is 10.5 Å². The van der Waals surface area contributed by atoms with Gasteiger partial charge in [0, 0.05) is 12.0 Å². The summed E-state index contributed by atoms with van der Waals surface area (Å²) < 4.78 is 23.7. The van der Waals surface area contributed by atoms with Gasteiger partial charge in [0.2, 0.25) is 5.91 Å². The summed E-state index contributed by atoms with van der Waals surface area (Å²) in [5.41, 5.74) is 2.46. The monoisotopic (exact) mass is 320 g/mol. The Morgan fingerprint density at radius 1 is 1.43 bits per heavy atom. The molecular weight excluding hydrogens is 299 g/mol. The van der Waals surface area contributed by atoms with Gasteiger partial charge in [-0.3, -0.25) is 4.79 Å². The molecule has 0 radical (unpaired) electrons. The fourth-order valence-corrected chi connectivity index (χ4v) is 2.45. The van der Waals surface area contributed by atoms with Crippen molar-refractivity contribution >= 4 is 5.91 Å². The number of hydrogen-bond donors (Lipinski definition) is 1. The Kier molecular flexibility index (Phi) is 5.36. The zero-order valence-corrected chi connectivity index (χ0v) is 13.8. The normalized spacial score (nSPS) is 12.0. The van der Waals surface area contributed by atoms with Crippen LogP contribution in [0.3, 0.4) is 0 Å². The fraction of sp³-hybridized carbons (Fsp3) is 0.412. The van der Waals surface area contributed by atoms with Gasteiger partial charge in [0.15, 0.2) is 11.6 Å². The zero-order valence-electron chi connectivity index (χ0n) is 13.8. The van der Waals surface area contributed by atoms with E-state index in [1.807, 2.05) is 20.8 Å². The van der Waals surface area contributed by atoms with Gasteiger partial charge in [-0.25, -0.2) is 4.39 Å². The SMILES string of the molecule is COc1ccc(C(C)NC(=O)CCc2c(C)noc2C)cc1F. The van der Waals surface area contributed by atoms with Crippen molar-refractivity contribution in [3.8, 4) is 5.75 Å². The lowest BCUT2D eigenvalue weighted by atomic mass is 10.1. The molecule has 0 saturated heterocycles. The number of amides is 1. The van der Waals surface area contributed by atoms with Gasteiger partial charge in [-0.2, -0.15) is 0 Å². The van der Waals surface area contributed by atoms with Crippen LogP contribution in [0, 0.1) is 19.7 Å². The molecule has 2 aromatic rings. The van der Waals surface area contributed by atoms with Gasteiger partial charge >= 0.3 is 0 Å². The van der Waals surface area contributed by atoms with Gasteiger partial charge in [0.25, 0.3) is 0 Å². The molecule has 2 rings (SSSR count). The summed E-state index contributed by atoms with van der Waals surface area (Å²) in [6.45, 7) is 5.50. The predicted octanol–water partition coefficient (Wildman–Crippen LogP) is 3.25. The summed E-state index contributed by atoms with van der Waals surface area (Å²) in [6.07, 6.45) is 0.891. The first-order chi connectivity index (χ1) is 10.9. The molecule has 1 aromatic heterocycles. The van der Waals surface area contributed by atoms with Crippen molar-refractivity contribution in [2.75, 3.05) is 7.11 Å². The first kappa shape index (κ1) is 17.0. The van der Waals surface area contributed by atoms with Gasteiger partial charge in [-0.15, -0.1) is 0 Å². The summed E-state index contributed by atoms with van der Waals surface area (Å²) in [6, 6.07) is 4.38. The van der Waals surface area contributed by atoms with Crippen LogP contribution in [0.5, 0.6) is 5.75 Å². The van der Waals surface area contributed by atoms with Gasteiger partial charge in [-0.05, 0) is 44.9 Å². The molecule has 1 amide bonds. The third kappa shape index (κ3) is 4.09. The number of aromatic nitrogens is 1. The van der Waals surface area contributed by atoms with Gasteiger partial charge in [-0.1, -0.05) is 11.2 Å². The van der Waals surface area contributed by atoms with Crippen molar-refractivity contribution in [2.24, 2.45) is 0 Å². The number of halogens is 1. The average Bonchev–Trinajstić information content (AvgIpc) is 2.83. The molecule has 124 valence electrons. The number of carbonyl (C=O) groups excluding carboxylic acids is 1. The van der Waals surface area contributed by atoms with E-state index in [-0.39, 0.29) is 17.7 Å². The highest BCUT2D eigenvalue weighted by Crippen LogP contribution is 2.22. The van der Waals surface area contributed by atoms with Crippen LogP contribution in [0.25, 0.3) is 0 Å². The second-order valence-electron chi connectivity index (χ2n) is 5.49. The fourth-order valence-electron chi connectivity index (χ4n) is 2.45. The number of carbonyl (C=O) groups is 1. The number of hydrogen-bond acceptors (Lipinski definition) is 4. The summed E-state index contributed by atoms with van der Waals surface area (Å²) in [5, 5.41) is 6.73. The Morgan fingerprint density at radius 2 is 2.17 bits per heavy atom. The number of aryl methyl sites for hydroxylation is 2. The van der Waals surface area contributed by atoms with E-state index in [0.717, 1.165) is 17.0 Å². The lowest BCUT2D eigenvalue weighted by molar-refractivity contribution is -0.121. The van der Waals surface area contributed by atoms with Crippen LogP contribution in [-0.2, 0) is 11.2 Å². The Bertz CT molecular complexity index is 678. The summed E-state index contributed by atoms with van der Waals surface area (Å²) in [4.78, 5) is 12.1. The van der Waals surface area contributed by atoms with E-state index in [1.54, 1.807) is 12.1 Å². The summed E-state index contributed by atoms with van der Waals surface area (Å²) in [5.74, 6) is 0.377. The molecule has 1 atom stereocenters. The molecule has 1 N–H and O–H groups in total. The van der Waals surface area contributed by atoms with Crippen molar-refractivity contribution in [3.63, 3.8) is 0 Å². The number of methoxy groups -OCH3 is 1. The van der Waals surface area contributed by atoms with E-state index >= 15 is 0 Å². The zero-order chi connectivity index (χ0) is 17.0. The number of nitrogens with one attached hydrogen (secondary N) is 1. The number of benzene rings is 1. The highest BCUT2D eigenvalue weighted by Gasteiger charge is 2.14. The average molecular weight is 320 g/mol. The Hall–Kier alpha value is -2.37. The first-order valence-corrected chi connectivity index (χ1v) is 7.47. The minimum atomic E-state index is -0.443. The van der Waals surface area contributed by atoms with Crippen LogP contribution in [-0.4, -0.2) is 18.2 Å². The van der Waals surface area contributed by atoms with Crippen molar-refractivity contribution in [1.82, 2.24) is 10.5 Å². The van der Waals surface area contributed by atoms with Gasteiger partial charge in [0.05, 0.1) is 18.8 Å². The molecule has 1 aromatic carbocycles. The van der Waals surface area contributed by atoms with E-state index < -0.39 is 5.82 Å². The lowest BCUT2D eigenvalue weighted by Gasteiger charge is -2.15. The van der Waals surface area contributed by atoms with Gasteiger partial charge < -0.3 is 14.6 Å². The molecule has 0 aliphatic carbocycles. The maximum Gasteiger partial charge on any atom is 0.220 e. The van der Waals surface area contributed by atoms with E-state index in [1.165, 1.54) is 13.2 Å². The van der Waals surface area contributed by atoms with E-state index in [9.17, 15) is 9.18 Å². The van der Waals surface area contributed by atoms with Crippen LogP contribution < -0.4 is 10.1 Å². The highest BCUT2D eigenvalue weighted by atomic mass is 19.1. The quantitative estimate of drug-likeness (QED) is 0.887. The van der Waals surface area contributed by atoms with Crippen molar-refractivity contribution in [1.29, 1.82) is 0 Å². The van der Waals surface area contributed by atoms with Crippen LogP contribution in [0.2, 0.25) is 0 Å². The molecule has 1 unspecified atom stereocenters. The number of ether oxygens (including phenoxy) is 1. The van der Waals surface area contributed by atoms with Gasteiger partial charge in [0.1, 0.15) is 5.76 Å². The highest BCUT2D eigenvalue weighted by molar-refractivity contribution is 5.76. The van der Waals surface area contributed by atoms with E-state index in [4.69, 9.17) is 9.26 Å². The van der Waals surface area contributed by atoms with E-state index in [0.29, 0.717) is 18.4 Å². The van der Waals surface area contributed by atoms with Crippen LogP contribution in [0.1, 0.15) is 42.0 Å². The van der Waals surface area contributed by atoms with Crippen LogP contribution in [0.4, 0.5) is 4.39 Å². The maximum atomic E-state index is 13.7. The molecule has 0 saturated carbocycles. The third-order valence-corrected chi connectivity index (χ3v) is 3.84. The van der Waals surface area contributed by atoms with Crippen molar-refractivity contribution in [3.05, 3.63) is 46.6 Å². The molecule has 0 aliphatic heterocycles. The summed E-state index contributed by atoms with van der Waals surface area (Å²) in [7, 11) is 1.41. The molecular formula is C17H21FN2O3. The summed E-state index contributed by atoms with van der Waals surface area (Å²) >= 11 is 0. The largest absolute Gasteiger partial charge is 0.494 e. The van der Waals surface area contributed by atoms with Crippen LogP contribution >= 0.6 is 0 Å². The Morgan fingerprint density at radius 3 is 2.74 bits per heavy atom. The van der Waals surface area contributed by atoms with Crippen LogP contribution in [0.15, 0.2) is 22.7 Å². The topological polar surface area (TPSA) is 64.4 Å². The second kappa shape index (κ2) is 7.26. The molecule has 0 spiro atoms. The maximum absolute atomic E-state index is 13.7. The van der Waals surface area contributed by atoms with Crippen molar-refractivity contribution in [2.45, 2.75) is 39.7 Å². The standard InChI is InChI=1S/C17H21FN2O3/c1-10(13-5-7-16(22-4)15(18)9-13)19-17(21)8-6-14-11(2)20-23-12(14)3/h5,7,9-10H,6,8H2,1-4H3,(H,19,21). The lowest BCUT2D eigenvalue weighted by Crippen LogP contribution is -2.27. The number of nitrogens with zero attached hydrogens (tertiary/aromatic N) is 1. The molecule has 0 fully saturated rings. The molecule has 6 heteroatoms. The molecule has 0 bridgehead atoms. The Balaban J connectivity index is 1.93. The first-order valence-electron chi connectivity index (χ1n) is 7.47. The Labute approximate surface area is 134 Å². The minimum Gasteiger partial charge on any atom is -0.494 e. The second-order valence-corrected chi connectivity index (χ2v) is 5.49. The molecule has 5 nitrogen and oxygen atoms in total. The smallest absolute Gasteiger partial charge is 0.220 e. The minimum absolute atomic E-state index is 0.103. The van der Waals surface area contributed by atoms with Crippen molar-refractivity contribution < 1.29 is 18.4 Å². The molecule has 1 heterocycles. The number of rotatable bonds is 6. The molecule has 23 heavy (non-hydrogen) atoms. The molecule has 0 aliphatic rings. The third-order valence-electron chi connectivity index (χ3n) is 3.84.